The van der Waals surface area contributed by atoms with Gasteiger partial charge in [0, 0.05) is 19.2 Å². The maximum absolute atomic E-state index is 11.7. The SMILES string of the molecule is Cn1ncnc1NC(=O)CCc1cccc(N)c1. The van der Waals surface area contributed by atoms with Crippen LogP contribution in [0.1, 0.15) is 12.0 Å². The zero-order chi connectivity index (χ0) is 13.0. The molecule has 1 aromatic heterocycles. The Morgan fingerprint density at radius 3 is 3.00 bits per heavy atom. The Labute approximate surface area is 105 Å². The van der Waals surface area contributed by atoms with Crippen LogP contribution in [0.3, 0.4) is 0 Å². The monoisotopic (exact) mass is 245 g/mol. The average molecular weight is 245 g/mol. The molecule has 3 N–H and O–H groups in total. The molecule has 0 unspecified atom stereocenters. The summed E-state index contributed by atoms with van der Waals surface area (Å²) < 4.78 is 1.51. The van der Waals surface area contributed by atoms with Crippen molar-refractivity contribution in [1.29, 1.82) is 0 Å². The number of aryl methyl sites for hydroxylation is 2. The van der Waals surface area contributed by atoms with E-state index in [1.165, 1.54) is 11.0 Å². The third-order valence-electron chi connectivity index (χ3n) is 2.55. The zero-order valence-corrected chi connectivity index (χ0v) is 10.1. The molecule has 0 aliphatic rings. The summed E-state index contributed by atoms with van der Waals surface area (Å²) in [6.45, 7) is 0. The van der Waals surface area contributed by atoms with E-state index in [4.69, 9.17) is 5.73 Å². The Bertz CT molecular complexity index is 549. The molecule has 2 aromatic rings. The number of hydrogen-bond donors (Lipinski definition) is 2. The van der Waals surface area contributed by atoms with E-state index < -0.39 is 0 Å². The number of carbonyl (C=O) groups is 1. The van der Waals surface area contributed by atoms with E-state index in [9.17, 15) is 4.79 Å². The topological polar surface area (TPSA) is 85.8 Å². The predicted molar refractivity (Wildman–Crippen MR) is 68.8 cm³/mol. The summed E-state index contributed by atoms with van der Waals surface area (Å²) in [5.41, 5.74) is 7.43. The van der Waals surface area contributed by atoms with Crippen molar-refractivity contribution >= 4 is 17.5 Å². The van der Waals surface area contributed by atoms with Crippen LogP contribution in [-0.2, 0) is 18.3 Å². The van der Waals surface area contributed by atoms with E-state index in [0.717, 1.165) is 5.56 Å². The minimum absolute atomic E-state index is 0.0893. The van der Waals surface area contributed by atoms with Crippen LogP contribution < -0.4 is 11.1 Å². The van der Waals surface area contributed by atoms with Crippen LogP contribution in [0.15, 0.2) is 30.6 Å². The van der Waals surface area contributed by atoms with Crippen molar-refractivity contribution in [1.82, 2.24) is 14.8 Å². The number of aromatic nitrogens is 3. The average Bonchev–Trinajstić information content (AvgIpc) is 2.73. The number of rotatable bonds is 4. The molecule has 6 nitrogen and oxygen atoms in total. The molecule has 0 saturated heterocycles. The van der Waals surface area contributed by atoms with Gasteiger partial charge in [-0.05, 0) is 24.1 Å². The highest BCUT2D eigenvalue weighted by atomic mass is 16.1. The number of nitrogens with two attached hydrogens (primary N) is 1. The molecule has 1 amide bonds. The molecule has 0 aliphatic carbocycles. The number of benzene rings is 1. The highest BCUT2D eigenvalue weighted by Crippen LogP contribution is 2.09. The van der Waals surface area contributed by atoms with Gasteiger partial charge in [0.1, 0.15) is 6.33 Å². The van der Waals surface area contributed by atoms with Crippen LogP contribution in [0, 0.1) is 0 Å². The Morgan fingerprint density at radius 1 is 1.50 bits per heavy atom. The third-order valence-corrected chi connectivity index (χ3v) is 2.55. The smallest absolute Gasteiger partial charge is 0.227 e. The Balaban J connectivity index is 1.87. The van der Waals surface area contributed by atoms with Crippen molar-refractivity contribution in [3.8, 4) is 0 Å². The van der Waals surface area contributed by atoms with E-state index in [1.54, 1.807) is 7.05 Å². The minimum Gasteiger partial charge on any atom is -0.399 e. The summed E-state index contributed by atoms with van der Waals surface area (Å²) in [4.78, 5) is 15.6. The van der Waals surface area contributed by atoms with E-state index in [2.05, 4.69) is 15.4 Å². The van der Waals surface area contributed by atoms with Gasteiger partial charge in [-0.1, -0.05) is 12.1 Å². The second-order valence-corrected chi connectivity index (χ2v) is 4.00. The molecular formula is C12H15N5O. The van der Waals surface area contributed by atoms with E-state index in [0.29, 0.717) is 24.5 Å². The first kappa shape index (κ1) is 12.1. The fraction of sp³-hybridized carbons (Fsp3) is 0.250. The zero-order valence-electron chi connectivity index (χ0n) is 10.1. The molecule has 0 saturated carbocycles. The molecule has 94 valence electrons. The van der Waals surface area contributed by atoms with E-state index in [1.807, 2.05) is 24.3 Å². The molecule has 0 radical (unpaired) electrons. The largest absolute Gasteiger partial charge is 0.399 e. The van der Waals surface area contributed by atoms with Crippen molar-refractivity contribution in [3.63, 3.8) is 0 Å². The van der Waals surface area contributed by atoms with Gasteiger partial charge in [0.15, 0.2) is 0 Å². The van der Waals surface area contributed by atoms with Gasteiger partial charge in [0.25, 0.3) is 0 Å². The third kappa shape index (κ3) is 3.07. The molecule has 1 aromatic carbocycles. The van der Waals surface area contributed by atoms with Gasteiger partial charge in [-0.15, -0.1) is 0 Å². The molecular weight excluding hydrogens is 230 g/mol. The fourth-order valence-corrected chi connectivity index (χ4v) is 1.60. The van der Waals surface area contributed by atoms with Gasteiger partial charge >= 0.3 is 0 Å². The van der Waals surface area contributed by atoms with Crippen molar-refractivity contribution < 1.29 is 4.79 Å². The lowest BCUT2D eigenvalue weighted by Crippen LogP contribution is -2.15. The van der Waals surface area contributed by atoms with Crippen LogP contribution in [0.2, 0.25) is 0 Å². The summed E-state index contributed by atoms with van der Waals surface area (Å²) >= 11 is 0. The minimum atomic E-state index is -0.0893. The quantitative estimate of drug-likeness (QED) is 0.786. The summed E-state index contributed by atoms with van der Waals surface area (Å²) in [6, 6.07) is 7.52. The second kappa shape index (κ2) is 5.31. The Kier molecular flexibility index (Phi) is 3.57. The molecule has 0 aliphatic heterocycles. The molecule has 0 fully saturated rings. The fourth-order valence-electron chi connectivity index (χ4n) is 1.60. The number of nitrogens with zero attached hydrogens (tertiary/aromatic N) is 3. The van der Waals surface area contributed by atoms with Gasteiger partial charge in [-0.25, -0.2) is 4.68 Å². The van der Waals surface area contributed by atoms with E-state index >= 15 is 0 Å². The van der Waals surface area contributed by atoms with Crippen molar-refractivity contribution in [2.45, 2.75) is 12.8 Å². The van der Waals surface area contributed by atoms with Crippen LogP contribution >= 0.6 is 0 Å². The standard InChI is InChI=1S/C12H15N5O/c1-17-12(14-8-15-17)16-11(18)6-5-9-3-2-4-10(13)7-9/h2-4,7-8H,5-6,13H2,1H3,(H,14,15,16,18). The first-order valence-corrected chi connectivity index (χ1v) is 5.63. The van der Waals surface area contributed by atoms with Gasteiger partial charge < -0.3 is 5.73 Å². The van der Waals surface area contributed by atoms with Crippen LogP contribution in [0.4, 0.5) is 11.6 Å². The number of nitrogen functional groups attached to an aromatic ring is 1. The van der Waals surface area contributed by atoms with Crippen molar-refractivity contribution in [2.24, 2.45) is 7.05 Å². The molecule has 0 atom stereocenters. The highest BCUT2D eigenvalue weighted by Gasteiger charge is 2.06. The number of anilines is 2. The maximum Gasteiger partial charge on any atom is 0.227 e. The van der Waals surface area contributed by atoms with Crippen molar-refractivity contribution in [2.75, 3.05) is 11.1 Å². The molecule has 18 heavy (non-hydrogen) atoms. The summed E-state index contributed by atoms with van der Waals surface area (Å²) in [7, 11) is 1.72. The number of carbonyl (C=O) groups excluding carboxylic acids is 1. The molecule has 0 spiro atoms. The number of hydrogen-bond acceptors (Lipinski definition) is 4. The molecule has 0 bridgehead atoms. The van der Waals surface area contributed by atoms with Crippen LogP contribution in [0.25, 0.3) is 0 Å². The lowest BCUT2D eigenvalue weighted by molar-refractivity contribution is -0.116. The van der Waals surface area contributed by atoms with Crippen molar-refractivity contribution in [3.05, 3.63) is 36.2 Å². The second-order valence-electron chi connectivity index (χ2n) is 4.00. The summed E-state index contributed by atoms with van der Waals surface area (Å²) in [6.07, 6.45) is 2.43. The summed E-state index contributed by atoms with van der Waals surface area (Å²) in [5.74, 6) is 0.362. The first-order chi connectivity index (χ1) is 8.65. The van der Waals surface area contributed by atoms with Crippen LogP contribution in [-0.4, -0.2) is 20.7 Å². The first-order valence-electron chi connectivity index (χ1n) is 5.63. The van der Waals surface area contributed by atoms with Crippen LogP contribution in [0.5, 0.6) is 0 Å². The molecule has 2 rings (SSSR count). The molecule has 1 heterocycles. The normalized spacial score (nSPS) is 10.3. The predicted octanol–water partition coefficient (Wildman–Crippen LogP) is 0.969. The lowest BCUT2D eigenvalue weighted by Gasteiger charge is -2.04. The maximum atomic E-state index is 11.7. The van der Waals surface area contributed by atoms with Gasteiger partial charge in [0.05, 0.1) is 0 Å². The summed E-state index contributed by atoms with van der Waals surface area (Å²) in [5, 5.41) is 6.57. The number of amides is 1. The lowest BCUT2D eigenvalue weighted by atomic mass is 10.1. The Hall–Kier alpha value is -2.37. The number of nitrogens with one attached hydrogen (secondary N) is 1. The van der Waals surface area contributed by atoms with Gasteiger partial charge in [-0.3, -0.25) is 10.1 Å². The highest BCUT2D eigenvalue weighted by molar-refractivity contribution is 5.89. The van der Waals surface area contributed by atoms with Gasteiger partial charge in [-0.2, -0.15) is 10.1 Å². The Morgan fingerprint density at radius 2 is 2.33 bits per heavy atom. The van der Waals surface area contributed by atoms with Gasteiger partial charge in [0.2, 0.25) is 11.9 Å². The molecule has 6 heteroatoms. The van der Waals surface area contributed by atoms with E-state index in [-0.39, 0.29) is 5.91 Å².